The van der Waals surface area contributed by atoms with Crippen molar-refractivity contribution in [3.63, 3.8) is 0 Å². The van der Waals surface area contributed by atoms with Crippen LogP contribution in [-0.4, -0.2) is 17.4 Å². The lowest BCUT2D eigenvalue weighted by atomic mass is 10.1. The summed E-state index contributed by atoms with van der Waals surface area (Å²) in [6.07, 6.45) is -4.08. The van der Waals surface area contributed by atoms with Gasteiger partial charge in [-0.1, -0.05) is 54.1 Å². The second-order valence-electron chi connectivity index (χ2n) is 6.09. The Labute approximate surface area is 165 Å². The number of rotatable bonds is 5. The molecule has 0 aliphatic carbocycles. The zero-order valence-corrected chi connectivity index (χ0v) is 15.4. The molecule has 2 aromatic carbocycles. The van der Waals surface area contributed by atoms with Crippen LogP contribution in [0.1, 0.15) is 21.5 Å². The normalized spacial score (nSPS) is 11.3. The van der Waals surface area contributed by atoms with E-state index in [1.165, 1.54) is 18.2 Å². The average molecular weight is 405 g/mol. The van der Waals surface area contributed by atoms with E-state index in [0.29, 0.717) is 11.6 Å². The first-order chi connectivity index (χ1) is 13.3. The van der Waals surface area contributed by atoms with E-state index in [4.69, 9.17) is 11.6 Å². The maximum absolute atomic E-state index is 13.0. The Morgan fingerprint density at radius 3 is 2.36 bits per heavy atom. The molecule has 0 aliphatic rings. The molecule has 0 fully saturated rings. The van der Waals surface area contributed by atoms with Crippen molar-refractivity contribution in [2.75, 3.05) is 6.54 Å². The summed E-state index contributed by atoms with van der Waals surface area (Å²) in [5.74, 6) is -0.743. The highest BCUT2D eigenvalue weighted by Crippen LogP contribution is 2.31. The quantitative estimate of drug-likeness (QED) is 0.579. The van der Waals surface area contributed by atoms with Crippen molar-refractivity contribution in [1.29, 1.82) is 0 Å². The van der Waals surface area contributed by atoms with Crippen molar-refractivity contribution < 1.29 is 18.0 Å². The molecular weight excluding hydrogens is 389 g/mol. The molecule has 3 nitrogen and oxygen atoms in total. The Bertz CT molecular complexity index is 972. The van der Waals surface area contributed by atoms with Gasteiger partial charge < -0.3 is 5.32 Å². The summed E-state index contributed by atoms with van der Waals surface area (Å²) in [7, 11) is 0. The zero-order valence-electron chi connectivity index (χ0n) is 14.6. The van der Waals surface area contributed by atoms with Gasteiger partial charge in [-0.25, -0.2) is 4.98 Å². The lowest BCUT2D eigenvalue weighted by Crippen LogP contribution is -2.28. The lowest BCUT2D eigenvalue weighted by molar-refractivity contribution is -0.137. The van der Waals surface area contributed by atoms with Gasteiger partial charge in [-0.15, -0.1) is 0 Å². The number of nitrogens with zero attached hydrogens (tertiary/aromatic N) is 1. The SMILES string of the molecule is O=C(NCCc1ccc(-c2cccc(Cl)n2)cc1)c1ccccc1C(F)(F)F. The third kappa shape index (κ3) is 4.89. The van der Waals surface area contributed by atoms with Gasteiger partial charge in [0.1, 0.15) is 5.15 Å². The van der Waals surface area contributed by atoms with Crippen LogP contribution in [-0.2, 0) is 12.6 Å². The molecular formula is C21H16ClF3N2O. The first-order valence-corrected chi connectivity index (χ1v) is 8.89. The highest BCUT2D eigenvalue weighted by molar-refractivity contribution is 6.29. The summed E-state index contributed by atoms with van der Waals surface area (Å²) in [6, 6.07) is 17.6. The highest BCUT2D eigenvalue weighted by Gasteiger charge is 2.34. The number of benzene rings is 2. The molecule has 1 heterocycles. The standard InChI is InChI=1S/C21H16ClF3N2O/c22-19-7-3-6-18(27-19)15-10-8-14(9-11-15)12-13-26-20(28)16-4-1-2-5-17(16)21(23,24)25/h1-11H,12-13H2,(H,26,28). The van der Waals surface area contributed by atoms with Crippen LogP contribution in [0.5, 0.6) is 0 Å². The van der Waals surface area contributed by atoms with Crippen LogP contribution in [0.2, 0.25) is 5.15 Å². The van der Waals surface area contributed by atoms with Crippen molar-refractivity contribution in [2.24, 2.45) is 0 Å². The summed E-state index contributed by atoms with van der Waals surface area (Å²) in [6.45, 7) is 0.222. The molecule has 0 bridgehead atoms. The van der Waals surface area contributed by atoms with Crippen LogP contribution < -0.4 is 5.32 Å². The minimum atomic E-state index is -4.57. The number of amides is 1. The lowest BCUT2D eigenvalue weighted by Gasteiger charge is -2.12. The number of halogens is 4. The minimum Gasteiger partial charge on any atom is -0.352 e. The molecule has 1 N–H and O–H groups in total. The fourth-order valence-electron chi connectivity index (χ4n) is 2.76. The molecule has 3 aromatic rings. The van der Waals surface area contributed by atoms with Gasteiger partial charge in [0.05, 0.1) is 16.8 Å². The number of alkyl halides is 3. The predicted molar refractivity (Wildman–Crippen MR) is 102 cm³/mol. The number of carbonyl (C=O) groups excluding carboxylic acids is 1. The maximum atomic E-state index is 13.0. The molecule has 0 unspecified atom stereocenters. The molecule has 7 heteroatoms. The summed E-state index contributed by atoms with van der Waals surface area (Å²) in [5.41, 5.74) is 1.27. The molecule has 28 heavy (non-hydrogen) atoms. The molecule has 0 saturated carbocycles. The van der Waals surface area contributed by atoms with Crippen molar-refractivity contribution in [2.45, 2.75) is 12.6 Å². The van der Waals surface area contributed by atoms with Gasteiger partial charge in [-0.05, 0) is 36.2 Å². The first-order valence-electron chi connectivity index (χ1n) is 8.51. The number of hydrogen-bond donors (Lipinski definition) is 1. The predicted octanol–water partition coefficient (Wildman–Crippen LogP) is 5.39. The van der Waals surface area contributed by atoms with Crippen LogP contribution >= 0.6 is 11.6 Å². The van der Waals surface area contributed by atoms with E-state index in [1.807, 2.05) is 36.4 Å². The minimum absolute atomic E-state index is 0.222. The van der Waals surface area contributed by atoms with Gasteiger partial charge in [0.2, 0.25) is 0 Å². The van der Waals surface area contributed by atoms with E-state index in [0.717, 1.165) is 22.9 Å². The second-order valence-corrected chi connectivity index (χ2v) is 6.48. The van der Waals surface area contributed by atoms with Gasteiger partial charge in [-0.2, -0.15) is 13.2 Å². The van der Waals surface area contributed by atoms with Crippen LogP contribution in [0.15, 0.2) is 66.7 Å². The third-order valence-electron chi connectivity index (χ3n) is 4.14. The summed E-state index contributed by atoms with van der Waals surface area (Å²) in [5, 5.41) is 2.95. The molecule has 0 spiro atoms. The monoisotopic (exact) mass is 404 g/mol. The molecule has 0 atom stereocenters. The Morgan fingerprint density at radius 2 is 1.68 bits per heavy atom. The maximum Gasteiger partial charge on any atom is 0.417 e. The summed E-state index contributed by atoms with van der Waals surface area (Å²) >= 11 is 5.89. The highest BCUT2D eigenvalue weighted by atomic mass is 35.5. The van der Waals surface area contributed by atoms with Crippen LogP contribution in [0.25, 0.3) is 11.3 Å². The van der Waals surface area contributed by atoms with Gasteiger partial charge in [0.25, 0.3) is 5.91 Å². The summed E-state index contributed by atoms with van der Waals surface area (Å²) < 4.78 is 39.0. The number of aromatic nitrogens is 1. The fourth-order valence-corrected chi connectivity index (χ4v) is 2.92. The molecule has 1 amide bonds. The molecule has 0 aliphatic heterocycles. The first kappa shape index (κ1) is 19.9. The Kier molecular flexibility index (Phi) is 5.99. The molecule has 0 saturated heterocycles. The van der Waals surface area contributed by atoms with Gasteiger partial charge in [0.15, 0.2) is 0 Å². The Morgan fingerprint density at radius 1 is 0.964 bits per heavy atom. The van der Waals surface area contributed by atoms with E-state index in [2.05, 4.69) is 10.3 Å². The van der Waals surface area contributed by atoms with Crippen molar-refractivity contribution in [3.05, 3.63) is 88.6 Å². The molecule has 144 valence electrons. The van der Waals surface area contributed by atoms with E-state index in [-0.39, 0.29) is 12.1 Å². The van der Waals surface area contributed by atoms with E-state index >= 15 is 0 Å². The Balaban J connectivity index is 1.61. The van der Waals surface area contributed by atoms with Gasteiger partial charge in [0, 0.05) is 12.1 Å². The average Bonchev–Trinajstić information content (AvgIpc) is 2.68. The number of nitrogens with one attached hydrogen (secondary N) is 1. The van der Waals surface area contributed by atoms with E-state index < -0.39 is 17.6 Å². The topological polar surface area (TPSA) is 42.0 Å². The second kappa shape index (κ2) is 8.44. The van der Waals surface area contributed by atoms with Crippen LogP contribution in [0.4, 0.5) is 13.2 Å². The van der Waals surface area contributed by atoms with E-state index in [1.54, 1.807) is 6.07 Å². The number of carbonyl (C=O) groups is 1. The molecule has 0 radical (unpaired) electrons. The van der Waals surface area contributed by atoms with Gasteiger partial charge >= 0.3 is 6.18 Å². The van der Waals surface area contributed by atoms with Crippen LogP contribution in [0.3, 0.4) is 0 Å². The third-order valence-corrected chi connectivity index (χ3v) is 4.35. The zero-order chi connectivity index (χ0) is 20.1. The summed E-state index contributed by atoms with van der Waals surface area (Å²) in [4.78, 5) is 16.4. The smallest absolute Gasteiger partial charge is 0.352 e. The number of hydrogen-bond acceptors (Lipinski definition) is 2. The van der Waals surface area contributed by atoms with Crippen molar-refractivity contribution in [3.8, 4) is 11.3 Å². The molecule has 3 rings (SSSR count). The Hall–Kier alpha value is -2.86. The van der Waals surface area contributed by atoms with E-state index in [9.17, 15) is 18.0 Å². The fraction of sp³-hybridized carbons (Fsp3) is 0.143. The largest absolute Gasteiger partial charge is 0.417 e. The van der Waals surface area contributed by atoms with Gasteiger partial charge in [-0.3, -0.25) is 4.79 Å². The number of pyridine rings is 1. The van der Waals surface area contributed by atoms with Crippen molar-refractivity contribution >= 4 is 17.5 Å². The molecule has 1 aromatic heterocycles. The van der Waals surface area contributed by atoms with Crippen LogP contribution in [0, 0.1) is 0 Å². The van der Waals surface area contributed by atoms with Crippen molar-refractivity contribution in [1.82, 2.24) is 10.3 Å².